The average Bonchev–Trinajstić information content (AvgIpc) is 2.44. The molecule has 1 unspecified atom stereocenters. The molecule has 0 aliphatic carbocycles. The van der Waals surface area contributed by atoms with E-state index in [-0.39, 0.29) is 18.7 Å². The van der Waals surface area contributed by atoms with Crippen LogP contribution in [0.4, 0.5) is 0 Å². The van der Waals surface area contributed by atoms with Crippen molar-refractivity contribution in [3.05, 3.63) is 42.5 Å². The molecule has 0 spiro atoms. The lowest BCUT2D eigenvalue weighted by Gasteiger charge is -2.13. The Kier molecular flexibility index (Phi) is 7.01. The number of amides is 1. The molecule has 0 aliphatic heterocycles. The quantitative estimate of drug-likeness (QED) is 0.541. The number of carboxylic acid groups (broad SMARTS) is 1. The lowest BCUT2D eigenvalue weighted by molar-refractivity contribution is -0.141. The number of rotatable bonds is 9. The number of para-hydroxylation sites is 1. The Bertz CT molecular complexity index is 499. The van der Waals surface area contributed by atoms with Crippen LogP contribution in [0.1, 0.15) is 24.8 Å². The molecule has 1 atom stereocenters. The van der Waals surface area contributed by atoms with Crippen molar-refractivity contribution in [2.24, 2.45) is 0 Å². The zero-order valence-corrected chi connectivity index (χ0v) is 12.2. The summed E-state index contributed by atoms with van der Waals surface area (Å²) < 4.78 is 5.57. The second kappa shape index (κ2) is 8.79. The van der Waals surface area contributed by atoms with Crippen LogP contribution in [0.5, 0.6) is 5.75 Å². The van der Waals surface area contributed by atoms with Crippen molar-refractivity contribution >= 4 is 11.9 Å². The van der Waals surface area contributed by atoms with Crippen LogP contribution in [-0.4, -0.2) is 29.6 Å². The lowest BCUT2D eigenvalue weighted by atomic mass is 10.2. The molecule has 1 aromatic rings. The summed E-state index contributed by atoms with van der Waals surface area (Å²) in [7, 11) is 0. The van der Waals surface area contributed by atoms with Crippen molar-refractivity contribution < 1.29 is 19.4 Å². The highest BCUT2D eigenvalue weighted by atomic mass is 16.5. The summed E-state index contributed by atoms with van der Waals surface area (Å²) in [5.41, 5.74) is 1.04. The fourth-order valence-corrected chi connectivity index (χ4v) is 1.79. The summed E-state index contributed by atoms with van der Waals surface area (Å²) in [4.78, 5) is 22.5. The van der Waals surface area contributed by atoms with Crippen molar-refractivity contribution in [2.45, 2.75) is 32.2 Å². The number of carboxylic acids is 1. The Morgan fingerprint density at radius 1 is 1.43 bits per heavy atom. The number of benzene rings is 1. The number of ether oxygens (including phenoxy) is 1. The number of carbonyl (C=O) groups is 2. The van der Waals surface area contributed by atoms with Gasteiger partial charge in [-0.3, -0.25) is 4.79 Å². The number of hydrogen-bond donors (Lipinski definition) is 2. The van der Waals surface area contributed by atoms with Crippen LogP contribution >= 0.6 is 0 Å². The van der Waals surface area contributed by atoms with Gasteiger partial charge in [0, 0.05) is 6.42 Å². The molecule has 0 heterocycles. The highest BCUT2D eigenvalue weighted by Crippen LogP contribution is 2.16. The molecule has 5 heteroatoms. The van der Waals surface area contributed by atoms with Gasteiger partial charge in [0.2, 0.25) is 5.91 Å². The smallest absolute Gasteiger partial charge is 0.326 e. The molecule has 2 N–H and O–H groups in total. The summed E-state index contributed by atoms with van der Waals surface area (Å²) in [5, 5.41) is 11.4. The first kappa shape index (κ1) is 16.8. The summed E-state index contributed by atoms with van der Waals surface area (Å²) in [6.45, 7) is 5.84. The molecular formula is C16H21NO4. The summed E-state index contributed by atoms with van der Waals surface area (Å²) >= 11 is 0. The first-order chi connectivity index (χ1) is 10.0. The van der Waals surface area contributed by atoms with E-state index >= 15 is 0 Å². The van der Waals surface area contributed by atoms with E-state index in [1.54, 1.807) is 0 Å². The monoisotopic (exact) mass is 291 g/mol. The van der Waals surface area contributed by atoms with Crippen molar-refractivity contribution in [3.8, 4) is 5.75 Å². The average molecular weight is 291 g/mol. The molecule has 0 aromatic heterocycles. The normalized spacial score (nSPS) is 11.5. The third-order valence-corrected chi connectivity index (χ3v) is 2.94. The van der Waals surface area contributed by atoms with Gasteiger partial charge in [-0.2, -0.15) is 0 Å². The minimum Gasteiger partial charge on any atom is -0.493 e. The second-order valence-electron chi connectivity index (χ2n) is 4.70. The van der Waals surface area contributed by atoms with E-state index < -0.39 is 12.0 Å². The predicted octanol–water partition coefficient (Wildman–Crippen LogP) is 2.30. The van der Waals surface area contributed by atoms with Gasteiger partial charge in [-0.25, -0.2) is 4.79 Å². The third kappa shape index (κ3) is 6.12. The largest absolute Gasteiger partial charge is 0.493 e. The zero-order valence-electron chi connectivity index (χ0n) is 12.2. The van der Waals surface area contributed by atoms with Gasteiger partial charge < -0.3 is 15.2 Å². The standard InChI is InChI=1S/C16H21NO4/c1-3-7-13(16(19)20)17-15(18)10-6-11-21-14-9-5-4-8-12(14)2/h3-5,8-9,13H,1,6-7,10-11H2,2H3,(H,17,18)(H,19,20). The van der Waals surface area contributed by atoms with E-state index in [1.165, 1.54) is 6.08 Å². The van der Waals surface area contributed by atoms with Crippen LogP contribution < -0.4 is 10.1 Å². The minimum absolute atomic E-state index is 0.209. The maximum Gasteiger partial charge on any atom is 0.326 e. The van der Waals surface area contributed by atoms with Crippen molar-refractivity contribution in [3.63, 3.8) is 0 Å². The highest BCUT2D eigenvalue weighted by molar-refractivity contribution is 5.83. The molecule has 114 valence electrons. The molecule has 0 bridgehead atoms. The molecule has 0 radical (unpaired) electrons. The summed E-state index contributed by atoms with van der Waals surface area (Å²) in [6, 6.07) is 6.74. The Morgan fingerprint density at radius 3 is 2.76 bits per heavy atom. The van der Waals surface area contributed by atoms with E-state index in [0.717, 1.165) is 11.3 Å². The maximum atomic E-state index is 11.6. The van der Waals surface area contributed by atoms with Gasteiger partial charge in [0.25, 0.3) is 0 Å². The van der Waals surface area contributed by atoms with Gasteiger partial charge in [-0.05, 0) is 31.4 Å². The lowest BCUT2D eigenvalue weighted by Crippen LogP contribution is -2.40. The van der Waals surface area contributed by atoms with Crippen molar-refractivity contribution in [1.82, 2.24) is 5.32 Å². The molecular weight excluding hydrogens is 270 g/mol. The molecule has 21 heavy (non-hydrogen) atoms. The Labute approximate surface area is 124 Å². The van der Waals surface area contributed by atoms with Gasteiger partial charge in [0.05, 0.1) is 6.61 Å². The number of aryl methyl sites for hydroxylation is 1. The summed E-state index contributed by atoms with van der Waals surface area (Å²) in [5.74, 6) is -0.551. The number of carbonyl (C=O) groups excluding carboxylic acids is 1. The SMILES string of the molecule is C=CCC(NC(=O)CCCOc1ccccc1C)C(=O)O. The molecule has 1 amide bonds. The Hall–Kier alpha value is -2.30. The molecule has 5 nitrogen and oxygen atoms in total. The van der Waals surface area contributed by atoms with Crippen LogP contribution in [0.2, 0.25) is 0 Å². The third-order valence-electron chi connectivity index (χ3n) is 2.94. The van der Waals surface area contributed by atoms with Crippen LogP contribution in [-0.2, 0) is 9.59 Å². The van der Waals surface area contributed by atoms with Gasteiger partial charge in [0.15, 0.2) is 0 Å². The zero-order chi connectivity index (χ0) is 15.7. The predicted molar refractivity (Wildman–Crippen MR) is 80.3 cm³/mol. The fourth-order valence-electron chi connectivity index (χ4n) is 1.79. The molecule has 0 aliphatic rings. The van der Waals surface area contributed by atoms with E-state index in [0.29, 0.717) is 13.0 Å². The fraction of sp³-hybridized carbons (Fsp3) is 0.375. The van der Waals surface area contributed by atoms with Gasteiger partial charge >= 0.3 is 5.97 Å². The van der Waals surface area contributed by atoms with Gasteiger partial charge in [-0.1, -0.05) is 24.3 Å². The number of nitrogens with one attached hydrogen (secondary N) is 1. The van der Waals surface area contributed by atoms with E-state index in [2.05, 4.69) is 11.9 Å². The van der Waals surface area contributed by atoms with E-state index in [1.807, 2.05) is 31.2 Å². The maximum absolute atomic E-state index is 11.6. The topological polar surface area (TPSA) is 75.6 Å². The van der Waals surface area contributed by atoms with Crippen molar-refractivity contribution in [2.75, 3.05) is 6.61 Å². The van der Waals surface area contributed by atoms with Crippen LogP contribution in [0, 0.1) is 6.92 Å². The number of aliphatic carboxylic acids is 1. The Morgan fingerprint density at radius 2 is 2.14 bits per heavy atom. The molecule has 0 saturated heterocycles. The first-order valence-corrected chi connectivity index (χ1v) is 6.86. The number of hydrogen-bond acceptors (Lipinski definition) is 3. The van der Waals surface area contributed by atoms with Crippen LogP contribution in [0.3, 0.4) is 0 Å². The van der Waals surface area contributed by atoms with Crippen LogP contribution in [0.15, 0.2) is 36.9 Å². The summed E-state index contributed by atoms with van der Waals surface area (Å²) in [6.07, 6.45) is 2.44. The molecule has 1 rings (SSSR count). The molecule has 1 aromatic carbocycles. The minimum atomic E-state index is -1.06. The highest BCUT2D eigenvalue weighted by Gasteiger charge is 2.17. The van der Waals surface area contributed by atoms with Gasteiger partial charge in [0.1, 0.15) is 11.8 Å². The first-order valence-electron chi connectivity index (χ1n) is 6.86. The van der Waals surface area contributed by atoms with Crippen molar-refractivity contribution in [1.29, 1.82) is 0 Å². The van der Waals surface area contributed by atoms with E-state index in [9.17, 15) is 9.59 Å². The molecule has 0 saturated carbocycles. The van der Waals surface area contributed by atoms with E-state index in [4.69, 9.17) is 9.84 Å². The van der Waals surface area contributed by atoms with Crippen LogP contribution in [0.25, 0.3) is 0 Å². The second-order valence-corrected chi connectivity index (χ2v) is 4.70. The van der Waals surface area contributed by atoms with Gasteiger partial charge in [-0.15, -0.1) is 6.58 Å². The Balaban J connectivity index is 2.29. The molecule has 0 fully saturated rings.